The predicted octanol–water partition coefficient (Wildman–Crippen LogP) is 5.69. The molecule has 0 spiro atoms. The summed E-state index contributed by atoms with van der Waals surface area (Å²) < 4.78 is 54.0. The summed E-state index contributed by atoms with van der Waals surface area (Å²) in [6.07, 6.45) is -2.66. The second kappa shape index (κ2) is 18.9. The summed E-state index contributed by atoms with van der Waals surface area (Å²) in [4.78, 5) is 77.2. The summed E-state index contributed by atoms with van der Waals surface area (Å²) in [6, 6.07) is 11.2. The van der Waals surface area contributed by atoms with Crippen LogP contribution >= 0.6 is 11.6 Å². The number of benzene rings is 2. The van der Waals surface area contributed by atoms with E-state index in [1.54, 1.807) is 37.8 Å². The maximum absolute atomic E-state index is 13.2. The minimum atomic E-state index is -4.64. The van der Waals surface area contributed by atoms with Crippen LogP contribution in [0.2, 0.25) is 5.02 Å². The highest BCUT2D eigenvalue weighted by Crippen LogP contribution is 2.48. The van der Waals surface area contributed by atoms with E-state index < -0.39 is 65.6 Å². The molecule has 1 saturated carbocycles. The van der Waals surface area contributed by atoms with Crippen molar-refractivity contribution in [2.24, 2.45) is 5.92 Å². The van der Waals surface area contributed by atoms with Gasteiger partial charge in [-0.1, -0.05) is 23.7 Å². The Hall–Kier alpha value is -5.72. The quantitative estimate of drug-likeness (QED) is 0.101. The number of anilines is 3. The van der Waals surface area contributed by atoms with Gasteiger partial charge in [0.25, 0.3) is 11.8 Å². The molecule has 2 heterocycles. The topological polar surface area (TPSA) is 203 Å². The van der Waals surface area contributed by atoms with Gasteiger partial charge in [0.2, 0.25) is 17.7 Å². The first kappa shape index (κ1) is 44.4. The minimum Gasteiger partial charge on any atom is -0.467 e. The fourth-order valence-electron chi connectivity index (χ4n) is 6.17. The van der Waals surface area contributed by atoms with E-state index in [0.717, 1.165) is 12.7 Å². The normalized spacial score (nSPS) is 15.6. The third kappa shape index (κ3) is 13.4. The molecule has 0 unspecified atom stereocenters. The first-order chi connectivity index (χ1) is 27.8. The fourth-order valence-corrected chi connectivity index (χ4v) is 6.30. The van der Waals surface area contributed by atoms with Crippen molar-refractivity contribution >= 4 is 58.8 Å². The van der Waals surface area contributed by atoms with Crippen molar-refractivity contribution in [1.29, 1.82) is 0 Å². The number of carbonyl (C=O) groups excluding carboxylic acids is 5. The fraction of sp³-hybridized carbons (Fsp3) is 0.487. The number of nitrogens with zero attached hydrogens (tertiary/aromatic N) is 4. The van der Waals surface area contributed by atoms with Crippen molar-refractivity contribution in [3.8, 4) is 6.01 Å². The Morgan fingerprint density at radius 2 is 1.58 bits per heavy atom. The number of nitrogens with one attached hydrogen (secondary N) is 4. The molecule has 1 saturated heterocycles. The number of aromatic nitrogens is 3. The number of ketones is 1. The number of likely N-dealkylation sites (tertiary alicyclic amines) is 1. The molecular weight excluding hydrogens is 801 g/mol. The Morgan fingerprint density at radius 1 is 0.932 bits per heavy atom. The minimum absolute atomic E-state index is 0.000625. The number of ether oxygens (including phenoxy) is 3. The Morgan fingerprint density at radius 3 is 2.17 bits per heavy atom. The zero-order chi connectivity index (χ0) is 43.0. The molecular formula is C39H46ClF3N8O8. The van der Waals surface area contributed by atoms with E-state index in [2.05, 4.69) is 36.2 Å². The van der Waals surface area contributed by atoms with Crippen molar-refractivity contribution < 1.29 is 51.4 Å². The van der Waals surface area contributed by atoms with Crippen molar-refractivity contribution in [2.75, 3.05) is 44.0 Å². The molecule has 1 atom stereocenters. The number of rotatable bonds is 16. The number of alkyl halides is 3. The summed E-state index contributed by atoms with van der Waals surface area (Å²) in [5.74, 6) is -3.15. The van der Waals surface area contributed by atoms with E-state index in [9.17, 15) is 37.1 Å². The molecule has 59 heavy (non-hydrogen) atoms. The lowest BCUT2D eigenvalue weighted by molar-refractivity contribution is -0.154. The van der Waals surface area contributed by atoms with Crippen LogP contribution in [0.4, 0.5) is 35.5 Å². The van der Waals surface area contributed by atoms with Gasteiger partial charge >= 0.3 is 24.2 Å². The monoisotopic (exact) mass is 846 g/mol. The molecule has 0 bridgehead atoms. The van der Waals surface area contributed by atoms with Gasteiger partial charge in [0.15, 0.2) is 6.61 Å². The number of esters is 1. The highest BCUT2D eigenvalue weighted by molar-refractivity contribution is 6.36. The van der Waals surface area contributed by atoms with E-state index in [4.69, 9.17) is 25.8 Å². The molecule has 2 fully saturated rings. The van der Waals surface area contributed by atoms with Crippen molar-refractivity contribution in [2.45, 2.75) is 82.7 Å². The molecule has 318 valence electrons. The zero-order valence-electron chi connectivity index (χ0n) is 32.9. The van der Waals surface area contributed by atoms with Crippen molar-refractivity contribution in [1.82, 2.24) is 30.5 Å². The standard InChI is InChI=1S/C39H46ClF3N8O8/c1-37(2,3)59-36(56)51-19-14-23(15-20-51)21-29(52)31(54)44-18-13-28(32(55)57-4)46-30(53)24-5-11-27(12-6-24)45-33-47-34(49-35(48-33)58-22-39(41,42)43)50-38(16-17-38)25-7-9-26(40)10-8-25/h5-12,23,28H,13-22H2,1-4H3,(H,44,54)(H,46,53)(H2,45,47,48,49,50)/t28-/m0/s1. The lowest BCUT2D eigenvalue weighted by Crippen LogP contribution is -2.44. The number of hydrogen-bond donors (Lipinski definition) is 4. The third-order valence-corrected chi connectivity index (χ3v) is 9.64. The Labute approximate surface area is 343 Å². The van der Waals surface area contributed by atoms with E-state index in [-0.39, 0.29) is 42.8 Å². The van der Waals surface area contributed by atoms with Gasteiger partial charge in [-0.25, -0.2) is 9.59 Å². The number of Topliss-reactive ketones (excluding diaryl/α,β-unsaturated/α-hetero) is 1. The lowest BCUT2D eigenvalue weighted by atomic mass is 9.91. The van der Waals surface area contributed by atoms with Gasteiger partial charge in [-0.2, -0.15) is 28.1 Å². The molecule has 1 aromatic heterocycles. The average molecular weight is 847 g/mol. The lowest BCUT2D eigenvalue weighted by Gasteiger charge is -2.33. The molecule has 3 aromatic rings. The van der Waals surface area contributed by atoms with Crippen LogP contribution in [-0.2, 0) is 29.4 Å². The molecule has 1 aliphatic carbocycles. The molecule has 1 aliphatic heterocycles. The van der Waals surface area contributed by atoms with Gasteiger partial charge in [0.05, 0.1) is 12.6 Å². The maximum atomic E-state index is 13.2. The van der Waals surface area contributed by atoms with E-state index in [0.29, 0.717) is 49.5 Å². The van der Waals surface area contributed by atoms with Crippen LogP contribution in [0, 0.1) is 5.92 Å². The van der Waals surface area contributed by atoms with Gasteiger partial charge in [0, 0.05) is 42.3 Å². The molecule has 2 aromatic carbocycles. The van der Waals surface area contributed by atoms with Crippen molar-refractivity contribution in [3.05, 3.63) is 64.7 Å². The number of piperidine rings is 1. The van der Waals surface area contributed by atoms with Crippen LogP contribution in [-0.4, -0.2) is 101 Å². The number of carbonyl (C=O) groups is 5. The zero-order valence-corrected chi connectivity index (χ0v) is 33.7. The molecule has 4 N–H and O–H groups in total. The summed E-state index contributed by atoms with van der Waals surface area (Å²) >= 11 is 6.04. The molecule has 3 amide bonds. The second-order valence-corrected chi connectivity index (χ2v) is 15.7. The molecule has 0 radical (unpaired) electrons. The SMILES string of the molecule is COC(=O)[C@H](CCNC(=O)C(=O)CC1CCN(C(=O)OC(C)(C)C)CC1)NC(=O)c1ccc(Nc2nc(NC3(c4ccc(Cl)cc4)CC3)nc(OCC(F)(F)F)n2)cc1. The third-order valence-electron chi connectivity index (χ3n) is 9.38. The van der Waals surface area contributed by atoms with Crippen LogP contribution in [0.5, 0.6) is 6.01 Å². The van der Waals surface area contributed by atoms with Crippen LogP contribution in [0.1, 0.15) is 75.2 Å². The Bertz CT molecular complexity index is 1990. The van der Waals surface area contributed by atoms with Crippen LogP contribution in [0.15, 0.2) is 48.5 Å². The number of methoxy groups -OCH3 is 1. The molecule has 16 nitrogen and oxygen atoms in total. The van der Waals surface area contributed by atoms with Crippen LogP contribution in [0.3, 0.4) is 0 Å². The largest absolute Gasteiger partial charge is 0.467 e. The van der Waals surface area contributed by atoms with Gasteiger partial charge in [-0.3, -0.25) is 14.4 Å². The summed E-state index contributed by atoms with van der Waals surface area (Å²) in [5.41, 5.74) is 0.188. The Kier molecular flexibility index (Phi) is 14.2. The first-order valence-electron chi connectivity index (χ1n) is 18.9. The predicted molar refractivity (Wildman–Crippen MR) is 208 cm³/mol. The van der Waals surface area contributed by atoms with Crippen LogP contribution < -0.4 is 26.0 Å². The summed E-state index contributed by atoms with van der Waals surface area (Å²) in [6.45, 7) is 4.40. The van der Waals surface area contributed by atoms with Gasteiger partial charge in [-0.15, -0.1) is 0 Å². The highest BCUT2D eigenvalue weighted by Gasteiger charge is 2.45. The second-order valence-electron chi connectivity index (χ2n) is 15.2. The van der Waals surface area contributed by atoms with Crippen LogP contribution in [0.25, 0.3) is 0 Å². The highest BCUT2D eigenvalue weighted by atomic mass is 35.5. The van der Waals surface area contributed by atoms with E-state index in [1.807, 2.05) is 12.1 Å². The summed E-state index contributed by atoms with van der Waals surface area (Å²) in [7, 11) is 1.14. The average Bonchev–Trinajstić information content (AvgIpc) is 3.96. The van der Waals surface area contributed by atoms with E-state index >= 15 is 0 Å². The molecule has 5 rings (SSSR count). The molecule has 20 heteroatoms. The number of amides is 3. The van der Waals surface area contributed by atoms with E-state index in [1.165, 1.54) is 24.3 Å². The van der Waals surface area contributed by atoms with Gasteiger partial charge in [-0.05, 0) is 101 Å². The van der Waals surface area contributed by atoms with Gasteiger partial charge < -0.3 is 40.4 Å². The molecule has 2 aliphatic rings. The van der Waals surface area contributed by atoms with Crippen molar-refractivity contribution in [3.63, 3.8) is 0 Å². The Balaban J connectivity index is 1.14. The first-order valence-corrected chi connectivity index (χ1v) is 19.2. The number of halogens is 4. The maximum Gasteiger partial charge on any atom is 0.422 e. The number of hydrogen-bond acceptors (Lipinski definition) is 13. The smallest absolute Gasteiger partial charge is 0.422 e. The summed E-state index contributed by atoms with van der Waals surface area (Å²) in [5, 5.41) is 11.7. The van der Waals surface area contributed by atoms with Gasteiger partial charge in [0.1, 0.15) is 11.6 Å².